The van der Waals surface area contributed by atoms with Crippen molar-refractivity contribution in [2.24, 2.45) is 7.05 Å². The molecule has 0 unspecified atom stereocenters. The molecule has 0 aliphatic carbocycles. The highest BCUT2D eigenvalue weighted by atomic mass is 35.5. The average molecular weight is 213 g/mol. The SMILES string of the molecule is Cc1nn(C)c(C)c1-c1nnc(Cl)o1. The van der Waals surface area contributed by atoms with Gasteiger partial charge in [-0.2, -0.15) is 5.10 Å². The number of hydrogen-bond acceptors (Lipinski definition) is 4. The number of hydrogen-bond donors (Lipinski definition) is 0. The number of aryl methyl sites for hydroxylation is 2. The first-order valence-electron chi connectivity index (χ1n) is 4.09. The van der Waals surface area contributed by atoms with E-state index in [1.165, 1.54) is 0 Å². The van der Waals surface area contributed by atoms with Crippen molar-refractivity contribution in [3.05, 3.63) is 16.7 Å². The second-order valence-electron chi connectivity index (χ2n) is 3.03. The van der Waals surface area contributed by atoms with Crippen LogP contribution in [0.5, 0.6) is 0 Å². The molecule has 0 saturated heterocycles. The molecule has 2 heterocycles. The maximum atomic E-state index is 5.55. The Balaban J connectivity index is 2.61. The lowest BCUT2D eigenvalue weighted by molar-refractivity contribution is 0.570. The van der Waals surface area contributed by atoms with Gasteiger partial charge in [0.2, 0.25) is 0 Å². The summed E-state index contributed by atoms with van der Waals surface area (Å²) >= 11 is 5.55. The Labute approximate surface area is 85.7 Å². The first-order chi connectivity index (χ1) is 6.59. The van der Waals surface area contributed by atoms with Gasteiger partial charge in [0.15, 0.2) is 0 Å². The highest BCUT2D eigenvalue weighted by Gasteiger charge is 2.16. The zero-order valence-electron chi connectivity index (χ0n) is 8.08. The Bertz CT molecular complexity index is 474. The molecule has 74 valence electrons. The van der Waals surface area contributed by atoms with E-state index >= 15 is 0 Å². The summed E-state index contributed by atoms with van der Waals surface area (Å²) in [5.41, 5.74) is 2.68. The first kappa shape index (κ1) is 9.21. The van der Waals surface area contributed by atoms with Crippen LogP contribution in [0.15, 0.2) is 4.42 Å². The van der Waals surface area contributed by atoms with Crippen molar-refractivity contribution in [1.82, 2.24) is 20.0 Å². The van der Waals surface area contributed by atoms with Gasteiger partial charge in [-0.25, -0.2) is 0 Å². The first-order valence-corrected chi connectivity index (χ1v) is 4.47. The molecule has 2 rings (SSSR count). The molecule has 0 fully saturated rings. The molecular weight excluding hydrogens is 204 g/mol. The normalized spacial score (nSPS) is 10.9. The van der Waals surface area contributed by atoms with E-state index in [4.69, 9.17) is 16.0 Å². The molecule has 0 bridgehead atoms. The van der Waals surface area contributed by atoms with Crippen molar-refractivity contribution in [3.8, 4) is 11.5 Å². The minimum atomic E-state index is 0.0441. The highest BCUT2D eigenvalue weighted by molar-refractivity contribution is 6.27. The van der Waals surface area contributed by atoms with Gasteiger partial charge in [-0.1, -0.05) is 5.10 Å². The van der Waals surface area contributed by atoms with Gasteiger partial charge >= 0.3 is 5.35 Å². The Morgan fingerprint density at radius 1 is 1.29 bits per heavy atom. The van der Waals surface area contributed by atoms with Gasteiger partial charge in [-0.3, -0.25) is 4.68 Å². The van der Waals surface area contributed by atoms with Crippen molar-refractivity contribution in [3.63, 3.8) is 0 Å². The van der Waals surface area contributed by atoms with Gasteiger partial charge in [-0.05, 0) is 25.4 Å². The number of aromatic nitrogens is 4. The molecule has 6 heteroatoms. The van der Waals surface area contributed by atoms with Crippen LogP contribution in [-0.4, -0.2) is 20.0 Å². The topological polar surface area (TPSA) is 56.7 Å². The molecule has 2 aromatic rings. The Morgan fingerprint density at radius 2 is 2.00 bits per heavy atom. The lowest BCUT2D eigenvalue weighted by Crippen LogP contribution is -1.92. The second kappa shape index (κ2) is 3.09. The number of rotatable bonds is 1. The van der Waals surface area contributed by atoms with Gasteiger partial charge < -0.3 is 4.42 Å². The third-order valence-corrected chi connectivity index (χ3v) is 2.28. The zero-order valence-corrected chi connectivity index (χ0v) is 8.83. The summed E-state index contributed by atoms with van der Waals surface area (Å²) in [5, 5.41) is 11.7. The molecule has 14 heavy (non-hydrogen) atoms. The lowest BCUT2D eigenvalue weighted by atomic mass is 10.2. The highest BCUT2D eigenvalue weighted by Crippen LogP contribution is 2.25. The maximum absolute atomic E-state index is 5.55. The molecule has 0 aliphatic rings. The third-order valence-electron chi connectivity index (χ3n) is 2.12. The number of nitrogens with zero attached hydrogens (tertiary/aromatic N) is 4. The summed E-state index contributed by atoms with van der Waals surface area (Å²) in [7, 11) is 1.86. The van der Waals surface area contributed by atoms with Gasteiger partial charge in [0.05, 0.1) is 11.3 Å². The lowest BCUT2D eigenvalue weighted by Gasteiger charge is -1.94. The fraction of sp³-hybridized carbons (Fsp3) is 0.375. The Kier molecular flexibility index (Phi) is 2.03. The molecule has 0 aliphatic heterocycles. The van der Waals surface area contributed by atoms with E-state index in [1.54, 1.807) is 4.68 Å². The van der Waals surface area contributed by atoms with Gasteiger partial charge in [-0.15, -0.1) is 5.10 Å². The average Bonchev–Trinajstić information content (AvgIpc) is 2.60. The van der Waals surface area contributed by atoms with E-state index in [-0.39, 0.29) is 5.35 Å². The van der Waals surface area contributed by atoms with Crippen LogP contribution in [0.4, 0.5) is 0 Å². The van der Waals surface area contributed by atoms with E-state index in [1.807, 2.05) is 20.9 Å². The van der Waals surface area contributed by atoms with Gasteiger partial charge in [0.25, 0.3) is 5.89 Å². The maximum Gasteiger partial charge on any atom is 0.313 e. The molecule has 0 amide bonds. The van der Waals surface area contributed by atoms with Crippen LogP contribution in [0.3, 0.4) is 0 Å². The predicted molar refractivity (Wildman–Crippen MR) is 51.0 cm³/mol. The summed E-state index contributed by atoms with van der Waals surface area (Å²) in [6, 6.07) is 0. The summed E-state index contributed by atoms with van der Waals surface area (Å²) in [6.07, 6.45) is 0. The van der Waals surface area contributed by atoms with Crippen molar-refractivity contribution < 1.29 is 4.42 Å². The summed E-state index contributed by atoms with van der Waals surface area (Å²) in [6.45, 7) is 3.83. The molecule has 0 saturated carbocycles. The summed E-state index contributed by atoms with van der Waals surface area (Å²) in [4.78, 5) is 0. The van der Waals surface area contributed by atoms with E-state index in [0.29, 0.717) is 5.89 Å². The minimum absolute atomic E-state index is 0.0441. The van der Waals surface area contributed by atoms with Crippen LogP contribution in [0.25, 0.3) is 11.5 Å². The van der Waals surface area contributed by atoms with Crippen LogP contribution in [0.1, 0.15) is 11.4 Å². The second-order valence-corrected chi connectivity index (χ2v) is 3.35. The molecule has 0 atom stereocenters. The minimum Gasteiger partial charge on any atom is -0.407 e. The van der Waals surface area contributed by atoms with E-state index in [9.17, 15) is 0 Å². The summed E-state index contributed by atoms with van der Waals surface area (Å²) in [5.74, 6) is 0.415. The van der Waals surface area contributed by atoms with Crippen LogP contribution < -0.4 is 0 Å². The van der Waals surface area contributed by atoms with Crippen molar-refractivity contribution in [1.29, 1.82) is 0 Å². The molecule has 0 N–H and O–H groups in total. The van der Waals surface area contributed by atoms with E-state index in [0.717, 1.165) is 17.0 Å². The number of halogens is 1. The Morgan fingerprint density at radius 3 is 2.43 bits per heavy atom. The molecule has 0 spiro atoms. The van der Waals surface area contributed by atoms with Crippen LogP contribution in [0.2, 0.25) is 5.35 Å². The predicted octanol–water partition coefficient (Wildman–Crippen LogP) is 1.74. The molecule has 0 aromatic carbocycles. The molecule has 2 aromatic heterocycles. The third kappa shape index (κ3) is 1.29. The van der Waals surface area contributed by atoms with Crippen LogP contribution in [0, 0.1) is 13.8 Å². The van der Waals surface area contributed by atoms with E-state index < -0.39 is 0 Å². The largest absolute Gasteiger partial charge is 0.407 e. The van der Waals surface area contributed by atoms with Gasteiger partial charge in [0.1, 0.15) is 0 Å². The quantitative estimate of drug-likeness (QED) is 0.723. The van der Waals surface area contributed by atoms with Crippen LogP contribution >= 0.6 is 11.6 Å². The van der Waals surface area contributed by atoms with Gasteiger partial charge in [0, 0.05) is 12.7 Å². The summed E-state index contributed by atoms with van der Waals surface area (Å²) < 4.78 is 6.90. The smallest absolute Gasteiger partial charge is 0.313 e. The van der Waals surface area contributed by atoms with Crippen molar-refractivity contribution >= 4 is 11.6 Å². The monoisotopic (exact) mass is 212 g/mol. The van der Waals surface area contributed by atoms with Crippen molar-refractivity contribution in [2.45, 2.75) is 13.8 Å². The van der Waals surface area contributed by atoms with Crippen LogP contribution in [-0.2, 0) is 7.05 Å². The standard InChI is InChI=1S/C8H9ClN4O/c1-4-6(5(2)13(3)12-4)7-10-11-8(9)14-7/h1-3H3. The van der Waals surface area contributed by atoms with Crippen molar-refractivity contribution in [2.75, 3.05) is 0 Å². The fourth-order valence-corrected chi connectivity index (χ4v) is 1.50. The Hall–Kier alpha value is -1.36. The molecule has 5 nitrogen and oxygen atoms in total. The zero-order chi connectivity index (χ0) is 10.3. The van der Waals surface area contributed by atoms with E-state index in [2.05, 4.69) is 15.3 Å². The fourth-order valence-electron chi connectivity index (χ4n) is 1.39. The molecule has 0 radical (unpaired) electrons. The molecular formula is C8H9ClN4O.